The molecule has 0 bridgehead atoms. The van der Waals surface area contributed by atoms with Crippen molar-refractivity contribution in [2.45, 2.75) is 71.0 Å². The first-order valence-electron chi connectivity index (χ1n) is 13.3. The monoisotopic (exact) mass is 502 g/mol. The van der Waals surface area contributed by atoms with Gasteiger partial charge in [-0.1, -0.05) is 31.0 Å². The molecule has 8 heteroatoms. The number of aromatic nitrogens is 2. The van der Waals surface area contributed by atoms with E-state index in [4.69, 9.17) is 0 Å². The van der Waals surface area contributed by atoms with Gasteiger partial charge in [0.05, 0.1) is 16.8 Å². The number of fused-ring (bicyclic) bond motifs is 1. The molecule has 2 fully saturated rings. The minimum Gasteiger partial charge on any atom is -0.349 e. The zero-order valence-electron chi connectivity index (χ0n) is 21.4. The summed E-state index contributed by atoms with van der Waals surface area (Å²) < 4.78 is 3.00. The Bertz CT molecular complexity index is 1440. The maximum Gasteiger partial charge on any atom is 0.331 e. The van der Waals surface area contributed by atoms with Gasteiger partial charge in [-0.3, -0.25) is 23.5 Å². The van der Waals surface area contributed by atoms with Gasteiger partial charge in [-0.15, -0.1) is 0 Å². The maximum atomic E-state index is 13.4. The lowest BCUT2D eigenvalue weighted by Crippen LogP contribution is -2.46. The minimum absolute atomic E-state index is 0.113. The summed E-state index contributed by atoms with van der Waals surface area (Å²) >= 11 is 0. The third-order valence-electron chi connectivity index (χ3n) is 7.55. The van der Waals surface area contributed by atoms with Crippen molar-refractivity contribution in [1.29, 1.82) is 0 Å². The zero-order chi connectivity index (χ0) is 26.1. The molecule has 0 saturated heterocycles. The fourth-order valence-electron chi connectivity index (χ4n) is 5.37. The van der Waals surface area contributed by atoms with E-state index in [9.17, 15) is 19.2 Å². The van der Waals surface area contributed by atoms with E-state index in [1.165, 1.54) is 4.57 Å². The van der Waals surface area contributed by atoms with Crippen LogP contribution >= 0.6 is 0 Å². The Labute approximate surface area is 215 Å². The van der Waals surface area contributed by atoms with E-state index in [0.717, 1.165) is 32.1 Å². The van der Waals surface area contributed by atoms with Crippen molar-refractivity contribution in [2.75, 3.05) is 5.32 Å². The van der Waals surface area contributed by atoms with Crippen molar-refractivity contribution < 1.29 is 9.59 Å². The van der Waals surface area contributed by atoms with Gasteiger partial charge < -0.3 is 10.6 Å². The molecule has 8 nitrogen and oxygen atoms in total. The Balaban J connectivity index is 1.41. The Morgan fingerprint density at radius 3 is 2.41 bits per heavy atom. The van der Waals surface area contributed by atoms with Crippen molar-refractivity contribution in [3.8, 4) is 0 Å². The molecule has 1 heterocycles. The van der Waals surface area contributed by atoms with E-state index in [-0.39, 0.29) is 41.1 Å². The molecule has 2 aliphatic rings. The van der Waals surface area contributed by atoms with Crippen LogP contribution in [0.3, 0.4) is 0 Å². The maximum absolute atomic E-state index is 13.4. The van der Waals surface area contributed by atoms with Gasteiger partial charge in [-0.2, -0.15) is 0 Å². The highest BCUT2D eigenvalue weighted by Crippen LogP contribution is 2.30. The highest BCUT2D eigenvalue weighted by atomic mass is 16.2. The number of hydrogen-bond donors (Lipinski definition) is 2. The fourth-order valence-corrected chi connectivity index (χ4v) is 5.37. The average Bonchev–Trinajstić information content (AvgIpc) is 3.72. The van der Waals surface area contributed by atoms with Crippen molar-refractivity contribution in [2.24, 2.45) is 11.8 Å². The van der Waals surface area contributed by atoms with E-state index in [2.05, 4.69) is 10.6 Å². The Morgan fingerprint density at radius 1 is 0.973 bits per heavy atom. The largest absolute Gasteiger partial charge is 0.349 e. The Hall–Kier alpha value is -3.68. The summed E-state index contributed by atoms with van der Waals surface area (Å²) in [5.41, 5.74) is 1.06. The molecule has 0 aliphatic heterocycles. The van der Waals surface area contributed by atoms with Crippen LogP contribution in [0.25, 0.3) is 10.9 Å². The molecule has 3 aromatic rings. The molecule has 2 N–H and O–H groups in total. The number of amides is 2. The van der Waals surface area contributed by atoms with Crippen LogP contribution in [-0.2, 0) is 11.3 Å². The number of rotatable bonds is 7. The average molecular weight is 503 g/mol. The lowest BCUT2D eigenvalue weighted by Gasteiger charge is -2.31. The quantitative estimate of drug-likeness (QED) is 0.508. The smallest absolute Gasteiger partial charge is 0.331 e. The molecule has 2 saturated carbocycles. The highest BCUT2D eigenvalue weighted by Gasteiger charge is 2.32. The number of benzene rings is 2. The topological polar surface area (TPSA) is 102 Å². The van der Waals surface area contributed by atoms with Gasteiger partial charge in [-0.25, -0.2) is 4.79 Å². The summed E-state index contributed by atoms with van der Waals surface area (Å²) in [4.78, 5) is 52.6. The predicted molar refractivity (Wildman–Crippen MR) is 144 cm³/mol. The first-order chi connectivity index (χ1) is 17.8. The van der Waals surface area contributed by atoms with Crippen LogP contribution in [0.2, 0.25) is 0 Å². The van der Waals surface area contributed by atoms with Crippen LogP contribution in [0.1, 0.15) is 68.8 Å². The van der Waals surface area contributed by atoms with E-state index < -0.39 is 0 Å². The predicted octanol–water partition coefficient (Wildman–Crippen LogP) is 4.08. The summed E-state index contributed by atoms with van der Waals surface area (Å²) in [6, 6.07) is 13.8. The molecule has 0 spiro atoms. The van der Waals surface area contributed by atoms with Gasteiger partial charge in [-0.05, 0) is 75.8 Å². The number of nitrogens with zero attached hydrogens (tertiary/aromatic N) is 2. The molecule has 194 valence electrons. The first-order valence-corrected chi connectivity index (χ1v) is 13.3. The highest BCUT2D eigenvalue weighted by molar-refractivity contribution is 5.97. The lowest BCUT2D eigenvalue weighted by molar-refractivity contribution is -0.121. The van der Waals surface area contributed by atoms with Crippen LogP contribution in [0.5, 0.6) is 0 Å². The van der Waals surface area contributed by atoms with E-state index in [1.807, 2.05) is 32.0 Å². The standard InChI is InChI=1S/C29H34N4O4/c1-18(2)33-25-15-14-21(16-23(25)28(36)32(29(33)37)17-19-12-13-19)30-27(35)22-10-6-7-11-24(22)31-26(34)20-8-4-3-5-9-20/h3-5,8-9,14-16,18-19,22,24H,6-7,10-13,17H2,1-2H3,(H,30,35)(H,31,34)/t22-,24+/m1/s1. The molecule has 2 aromatic carbocycles. The van der Waals surface area contributed by atoms with Gasteiger partial charge >= 0.3 is 5.69 Å². The molecule has 2 amide bonds. The zero-order valence-corrected chi connectivity index (χ0v) is 21.4. The molecule has 37 heavy (non-hydrogen) atoms. The molecule has 2 aliphatic carbocycles. The van der Waals surface area contributed by atoms with Gasteiger partial charge in [0.25, 0.3) is 11.5 Å². The third-order valence-corrected chi connectivity index (χ3v) is 7.55. The molecular weight excluding hydrogens is 468 g/mol. The number of hydrogen-bond acceptors (Lipinski definition) is 4. The van der Waals surface area contributed by atoms with E-state index in [1.54, 1.807) is 34.9 Å². The summed E-state index contributed by atoms with van der Waals surface area (Å²) in [5, 5.41) is 6.46. The lowest BCUT2D eigenvalue weighted by atomic mass is 9.83. The molecular formula is C29H34N4O4. The molecule has 5 rings (SSSR count). The number of carbonyl (C=O) groups excluding carboxylic acids is 2. The third kappa shape index (κ3) is 5.24. The second-order valence-corrected chi connectivity index (χ2v) is 10.7. The summed E-state index contributed by atoms with van der Waals surface area (Å²) in [6.45, 7) is 4.28. The summed E-state index contributed by atoms with van der Waals surface area (Å²) in [6.07, 6.45) is 5.35. The van der Waals surface area contributed by atoms with Crippen LogP contribution in [0.15, 0.2) is 58.1 Å². The summed E-state index contributed by atoms with van der Waals surface area (Å²) in [5.74, 6) is -0.347. The molecule has 2 atom stereocenters. The van der Waals surface area contributed by atoms with Gasteiger partial charge in [0, 0.05) is 29.9 Å². The van der Waals surface area contributed by atoms with Crippen LogP contribution in [0, 0.1) is 11.8 Å². The number of anilines is 1. The second kappa shape index (κ2) is 10.4. The summed E-state index contributed by atoms with van der Waals surface area (Å²) in [7, 11) is 0. The van der Waals surface area contributed by atoms with E-state index >= 15 is 0 Å². The molecule has 1 aromatic heterocycles. The van der Waals surface area contributed by atoms with Crippen molar-refractivity contribution >= 4 is 28.4 Å². The van der Waals surface area contributed by atoms with Gasteiger partial charge in [0.1, 0.15) is 0 Å². The Morgan fingerprint density at radius 2 is 1.70 bits per heavy atom. The first kappa shape index (κ1) is 25.0. The van der Waals surface area contributed by atoms with Crippen molar-refractivity contribution in [1.82, 2.24) is 14.5 Å². The van der Waals surface area contributed by atoms with Crippen molar-refractivity contribution in [3.05, 3.63) is 74.9 Å². The number of nitrogens with one attached hydrogen (secondary N) is 2. The van der Waals surface area contributed by atoms with Crippen molar-refractivity contribution in [3.63, 3.8) is 0 Å². The molecule has 0 unspecified atom stereocenters. The molecule has 0 radical (unpaired) electrons. The fraction of sp³-hybridized carbons (Fsp3) is 0.448. The van der Waals surface area contributed by atoms with Crippen LogP contribution < -0.4 is 21.9 Å². The van der Waals surface area contributed by atoms with Crippen LogP contribution in [-0.4, -0.2) is 27.0 Å². The van der Waals surface area contributed by atoms with Gasteiger partial charge in [0.2, 0.25) is 5.91 Å². The van der Waals surface area contributed by atoms with E-state index in [0.29, 0.717) is 41.0 Å². The van der Waals surface area contributed by atoms with Gasteiger partial charge in [0.15, 0.2) is 0 Å². The number of carbonyl (C=O) groups is 2. The SMILES string of the molecule is CC(C)n1c(=O)n(CC2CC2)c(=O)c2cc(NC(=O)[C@@H]3CCCC[C@@H]3NC(=O)c3ccccc3)ccc21. The normalized spacial score (nSPS) is 19.6. The van der Waals surface area contributed by atoms with Crippen LogP contribution in [0.4, 0.5) is 5.69 Å². The Kier molecular flexibility index (Phi) is 7.00. The minimum atomic E-state index is -0.367. The second-order valence-electron chi connectivity index (χ2n) is 10.7.